The van der Waals surface area contributed by atoms with Crippen LogP contribution in [0.1, 0.15) is 11.1 Å². The highest BCUT2D eigenvalue weighted by molar-refractivity contribution is 5.60. The number of rotatable bonds is 3. The maximum Gasteiger partial charge on any atom is 0.139 e. The molecule has 2 aromatic rings. The van der Waals surface area contributed by atoms with Crippen molar-refractivity contribution in [1.82, 2.24) is 0 Å². The fourth-order valence-electron chi connectivity index (χ4n) is 1.32. The van der Waals surface area contributed by atoms with Crippen LogP contribution in [0, 0.1) is 11.3 Å². The molecule has 0 saturated carbocycles. The summed E-state index contributed by atoms with van der Waals surface area (Å²) in [4.78, 5) is 0. The molecule has 0 spiro atoms. The Balaban J connectivity index is 2.16. The van der Waals surface area contributed by atoms with E-state index in [0.717, 1.165) is 5.56 Å². The average molecular weight is 214 g/mol. The first kappa shape index (κ1) is 10.1. The second-order valence-electron chi connectivity index (χ2n) is 3.25. The van der Waals surface area contributed by atoms with Gasteiger partial charge in [0.15, 0.2) is 0 Å². The minimum atomic E-state index is 0.356. The van der Waals surface area contributed by atoms with Gasteiger partial charge in [0, 0.05) is 5.56 Å². The monoisotopic (exact) mass is 214 g/mol. The van der Waals surface area contributed by atoms with E-state index in [0.29, 0.717) is 23.6 Å². The molecule has 0 saturated heterocycles. The molecule has 1 aromatic heterocycles. The van der Waals surface area contributed by atoms with Gasteiger partial charge in [0.2, 0.25) is 0 Å². The van der Waals surface area contributed by atoms with Crippen LogP contribution in [-0.2, 0) is 6.61 Å². The quantitative estimate of drug-likeness (QED) is 0.796. The Morgan fingerprint density at radius 2 is 2.25 bits per heavy atom. The van der Waals surface area contributed by atoms with Crippen molar-refractivity contribution in [3.63, 3.8) is 0 Å². The second-order valence-corrected chi connectivity index (χ2v) is 3.25. The van der Waals surface area contributed by atoms with Crippen molar-refractivity contribution in [2.75, 3.05) is 5.73 Å². The van der Waals surface area contributed by atoms with Crippen molar-refractivity contribution in [3.05, 3.63) is 47.9 Å². The Hall–Kier alpha value is -2.41. The van der Waals surface area contributed by atoms with Crippen LogP contribution in [0.4, 0.5) is 5.69 Å². The highest BCUT2D eigenvalue weighted by atomic mass is 16.5. The van der Waals surface area contributed by atoms with Gasteiger partial charge in [0.05, 0.1) is 18.2 Å². The molecule has 4 nitrogen and oxygen atoms in total. The van der Waals surface area contributed by atoms with Gasteiger partial charge in [-0.15, -0.1) is 0 Å². The Labute approximate surface area is 92.9 Å². The predicted molar refractivity (Wildman–Crippen MR) is 58.6 cm³/mol. The van der Waals surface area contributed by atoms with Crippen LogP contribution in [-0.4, -0.2) is 0 Å². The van der Waals surface area contributed by atoms with E-state index in [2.05, 4.69) is 0 Å². The van der Waals surface area contributed by atoms with Crippen molar-refractivity contribution in [2.24, 2.45) is 0 Å². The van der Waals surface area contributed by atoms with E-state index in [-0.39, 0.29) is 0 Å². The molecule has 0 fully saturated rings. The molecular weight excluding hydrogens is 204 g/mol. The summed E-state index contributed by atoms with van der Waals surface area (Å²) in [6, 6.07) is 8.96. The zero-order valence-corrected chi connectivity index (χ0v) is 8.51. The molecule has 2 N–H and O–H groups in total. The third kappa shape index (κ3) is 1.98. The van der Waals surface area contributed by atoms with E-state index in [1.54, 1.807) is 36.8 Å². The standard InChI is InChI=1S/C12H10N2O2/c13-6-10-11(14)2-1-3-12(10)16-8-9-4-5-15-7-9/h1-5,7H,8,14H2. The van der Waals surface area contributed by atoms with Gasteiger partial charge in [-0.1, -0.05) is 6.07 Å². The van der Waals surface area contributed by atoms with Crippen molar-refractivity contribution < 1.29 is 9.15 Å². The number of nitriles is 1. The lowest BCUT2D eigenvalue weighted by Gasteiger charge is -2.07. The first-order chi connectivity index (χ1) is 7.81. The van der Waals surface area contributed by atoms with E-state index >= 15 is 0 Å². The van der Waals surface area contributed by atoms with Gasteiger partial charge in [-0.2, -0.15) is 5.26 Å². The van der Waals surface area contributed by atoms with Gasteiger partial charge < -0.3 is 14.9 Å². The highest BCUT2D eigenvalue weighted by Crippen LogP contribution is 2.24. The number of hydrogen-bond donors (Lipinski definition) is 1. The number of nitrogens with zero attached hydrogens (tertiary/aromatic N) is 1. The zero-order valence-electron chi connectivity index (χ0n) is 8.51. The second kappa shape index (κ2) is 4.41. The molecule has 0 aliphatic rings. The molecule has 80 valence electrons. The number of ether oxygens (including phenoxy) is 1. The lowest BCUT2D eigenvalue weighted by atomic mass is 10.2. The first-order valence-electron chi connectivity index (χ1n) is 4.73. The van der Waals surface area contributed by atoms with Gasteiger partial charge in [0.1, 0.15) is 24.0 Å². The van der Waals surface area contributed by atoms with Crippen LogP contribution in [0.15, 0.2) is 41.2 Å². The lowest BCUT2D eigenvalue weighted by molar-refractivity contribution is 0.304. The Bertz CT molecular complexity index is 512. The van der Waals surface area contributed by atoms with Crippen molar-refractivity contribution in [1.29, 1.82) is 5.26 Å². The van der Waals surface area contributed by atoms with Crippen LogP contribution in [0.3, 0.4) is 0 Å². The smallest absolute Gasteiger partial charge is 0.139 e. The van der Waals surface area contributed by atoms with Crippen LogP contribution in [0.25, 0.3) is 0 Å². The van der Waals surface area contributed by atoms with Crippen LogP contribution in [0.5, 0.6) is 5.75 Å². The normalized spacial score (nSPS) is 9.69. The van der Waals surface area contributed by atoms with Crippen LogP contribution in [0.2, 0.25) is 0 Å². The Kier molecular flexibility index (Phi) is 2.79. The molecule has 1 aromatic carbocycles. The first-order valence-corrected chi connectivity index (χ1v) is 4.73. The van der Waals surface area contributed by atoms with E-state index < -0.39 is 0 Å². The maximum absolute atomic E-state index is 8.93. The van der Waals surface area contributed by atoms with Crippen molar-refractivity contribution in [2.45, 2.75) is 6.61 Å². The number of nitrogens with two attached hydrogens (primary N) is 1. The molecule has 0 aliphatic heterocycles. The molecule has 4 heteroatoms. The maximum atomic E-state index is 8.93. The summed E-state index contributed by atoms with van der Waals surface area (Å²) in [5.74, 6) is 0.490. The molecule has 0 bridgehead atoms. The van der Waals surface area contributed by atoms with Crippen molar-refractivity contribution in [3.8, 4) is 11.8 Å². The lowest BCUT2D eigenvalue weighted by Crippen LogP contribution is -1.98. The third-order valence-corrected chi connectivity index (χ3v) is 2.14. The summed E-state index contributed by atoms with van der Waals surface area (Å²) in [6.07, 6.45) is 3.17. The van der Waals surface area contributed by atoms with Gasteiger partial charge in [-0.25, -0.2) is 0 Å². The van der Waals surface area contributed by atoms with Crippen LogP contribution < -0.4 is 10.5 Å². The number of benzene rings is 1. The molecule has 0 radical (unpaired) electrons. The zero-order chi connectivity index (χ0) is 11.4. The highest BCUT2D eigenvalue weighted by Gasteiger charge is 2.06. The molecule has 16 heavy (non-hydrogen) atoms. The van der Waals surface area contributed by atoms with E-state index in [4.69, 9.17) is 20.1 Å². The minimum Gasteiger partial charge on any atom is -0.487 e. The topological polar surface area (TPSA) is 72.2 Å². The summed E-state index contributed by atoms with van der Waals surface area (Å²) < 4.78 is 10.4. The minimum absolute atomic E-state index is 0.356. The largest absolute Gasteiger partial charge is 0.487 e. The average Bonchev–Trinajstić information content (AvgIpc) is 2.79. The molecule has 0 aliphatic carbocycles. The molecule has 0 amide bonds. The molecule has 0 unspecified atom stereocenters. The SMILES string of the molecule is N#Cc1c(N)cccc1OCc1ccoc1. The predicted octanol–water partition coefficient (Wildman–Crippen LogP) is 2.31. The Morgan fingerprint density at radius 1 is 1.38 bits per heavy atom. The van der Waals surface area contributed by atoms with E-state index in [1.165, 1.54) is 0 Å². The molecule has 2 rings (SSSR count). The van der Waals surface area contributed by atoms with Crippen LogP contribution >= 0.6 is 0 Å². The summed E-state index contributed by atoms with van der Waals surface area (Å²) >= 11 is 0. The summed E-state index contributed by atoms with van der Waals surface area (Å²) in [7, 11) is 0. The number of furan rings is 1. The third-order valence-electron chi connectivity index (χ3n) is 2.14. The Morgan fingerprint density at radius 3 is 2.94 bits per heavy atom. The molecule has 1 heterocycles. The summed E-state index contributed by atoms with van der Waals surface area (Å²) in [5.41, 5.74) is 7.36. The number of nitrogen functional groups attached to an aromatic ring is 1. The van der Waals surface area contributed by atoms with E-state index in [9.17, 15) is 0 Å². The van der Waals surface area contributed by atoms with Gasteiger partial charge in [-0.3, -0.25) is 0 Å². The van der Waals surface area contributed by atoms with Crippen molar-refractivity contribution >= 4 is 5.69 Å². The molecule has 0 atom stereocenters. The summed E-state index contributed by atoms with van der Waals surface area (Å²) in [5, 5.41) is 8.93. The molecular formula is C12H10N2O2. The summed E-state index contributed by atoms with van der Waals surface area (Å²) in [6.45, 7) is 0.356. The van der Waals surface area contributed by atoms with Gasteiger partial charge >= 0.3 is 0 Å². The number of anilines is 1. The van der Waals surface area contributed by atoms with Gasteiger partial charge in [-0.05, 0) is 18.2 Å². The number of hydrogen-bond acceptors (Lipinski definition) is 4. The fraction of sp³-hybridized carbons (Fsp3) is 0.0833. The fourth-order valence-corrected chi connectivity index (χ4v) is 1.32. The van der Waals surface area contributed by atoms with E-state index in [1.807, 2.05) is 6.07 Å². The van der Waals surface area contributed by atoms with Gasteiger partial charge in [0.25, 0.3) is 0 Å².